The number of fused-ring (bicyclic) bond motifs is 1. The van der Waals surface area contributed by atoms with Crippen molar-refractivity contribution in [3.8, 4) is 0 Å². The molecule has 0 saturated heterocycles. The summed E-state index contributed by atoms with van der Waals surface area (Å²) < 4.78 is 0. The average molecular weight is 230 g/mol. The molecule has 2 rings (SSSR count). The van der Waals surface area contributed by atoms with E-state index < -0.39 is 0 Å². The third kappa shape index (κ3) is 2.20. The first-order valence-electron chi connectivity index (χ1n) is 5.41. The molecule has 1 heterocycles. The average Bonchev–Trinajstić information content (AvgIpc) is 2.67. The molecular formula is C13H14N2O2. The van der Waals surface area contributed by atoms with Crippen molar-refractivity contribution in [1.29, 1.82) is 0 Å². The fraction of sp³-hybridized carbons (Fsp3) is 0.231. The minimum Gasteiger partial charge on any atom is -0.338 e. The lowest BCUT2D eigenvalue weighted by molar-refractivity contribution is -0.115. The second-order valence-electron chi connectivity index (χ2n) is 4.07. The van der Waals surface area contributed by atoms with Crippen LogP contribution in [0.15, 0.2) is 30.9 Å². The number of hydrogen-bond acceptors (Lipinski definition) is 2. The van der Waals surface area contributed by atoms with Crippen LogP contribution in [0.1, 0.15) is 15.9 Å². The van der Waals surface area contributed by atoms with E-state index in [9.17, 15) is 9.59 Å². The summed E-state index contributed by atoms with van der Waals surface area (Å²) in [6, 6.07) is 5.30. The Kier molecular flexibility index (Phi) is 2.95. The maximum Gasteiger partial charge on any atom is 0.253 e. The van der Waals surface area contributed by atoms with Crippen LogP contribution in [0.25, 0.3) is 0 Å². The van der Waals surface area contributed by atoms with Crippen LogP contribution in [0.2, 0.25) is 0 Å². The van der Waals surface area contributed by atoms with E-state index in [2.05, 4.69) is 11.9 Å². The highest BCUT2D eigenvalue weighted by Gasteiger charge is 2.19. The Balaban J connectivity index is 2.24. The molecule has 2 amide bonds. The van der Waals surface area contributed by atoms with Crippen molar-refractivity contribution < 1.29 is 9.59 Å². The Morgan fingerprint density at radius 3 is 3.06 bits per heavy atom. The minimum atomic E-state index is -0.0751. The standard InChI is InChI=1S/C13H14N2O2/c1-3-6-15(2)13(17)10-5-4-9-8-12(16)14-11(9)7-10/h3-5,7H,1,6,8H2,2H3,(H,14,16). The maximum atomic E-state index is 12.0. The van der Waals surface area contributed by atoms with Crippen LogP contribution in [-0.2, 0) is 11.2 Å². The molecule has 0 aromatic heterocycles. The van der Waals surface area contributed by atoms with Gasteiger partial charge in [0.25, 0.3) is 5.91 Å². The highest BCUT2D eigenvalue weighted by atomic mass is 16.2. The van der Waals surface area contributed by atoms with E-state index in [-0.39, 0.29) is 11.8 Å². The van der Waals surface area contributed by atoms with Gasteiger partial charge in [0.1, 0.15) is 0 Å². The molecule has 1 aromatic rings. The Labute approximate surface area is 99.9 Å². The van der Waals surface area contributed by atoms with Gasteiger partial charge in [-0.15, -0.1) is 6.58 Å². The molecule has 1 aliphatic rings. The zero-order valence-corrected chi connectivity index (χ0v) is 9.69. The van der Waals surface area contributed by atoms with Gasteiger partial charge < -0.3 is 10.2 Å². The van der Waals surface area contributed by atoms with Crippen LogP contribution in [0.3, 0.4) is 0 Å². The van der Waals surface area contributed by atoms with Crippen molar-refractivity contribution in [2.24, 2.45) is 0 Å². The Morgan fingerprint density at radius 1 is 1.59 bits per heavy atom. The van der Waals surface area contributed by atoms with E-state index in [1.54, 1.807) is 30.2 Å². The summed E-state index contributed by atoms with van der Waals surface area (Å²) in [5.41, 5.74) is 2.26. The molecule has 4 nitrogen and oxygen atoms in total. The minimum absolute atomic E-state index is 0.0240. The van der Waals surface area contributed by atoms with Crippen molar-refractivity contribution >= 4 is 17.5 Å². The normalized spacial score (nSPS) is 12.9. The molecule has 0 radical (unpaired) electrons. The molecule has 17 heavy (non-hydrogen) atoms. The highest BCUT2D eigenvalue weighted by molar-refractivity contribution is 6.02. The summed E-state index contributed by atoms with van der Waals surface area (Å²) >= 11 is 0. The fourth-order valence-corrected chi connectivity index (χ4v) is 1.84. The van der Waals surface area contributed by atoms with Gasteiger partial charge in [0, 0.05) is 24.8 Å². The number of hydrogen-bond donors (Lipinski definition) is 1. The monoisotopic (exact) mass is 230 g/mol. The van der Waals surface area contributed by atoms with Gasteiger partial charge in [0.2, 0.25) is 5.91 Å². The molecule has 0 aliphatic carbocycles. The second-order valence-corrected chi connectivity index (χ2v) is 4.07. The van der Waals surface area contributed by atoms with Crippen molar-refractivity contribution in [2.45, 2.75) is 6.42 Å². The van der Waals surface area contributed by atoms with Gasteiger partial charge in [-0.2, -0.15) is 0 Å². The quantitative estimate of drug-likeness (QED) is 0.799. The smallest absolute Gasteiger partial charge is 0.253 e. The van der Waals surface area contributed by atoms with Crippen molar-refractivity contribution in [3.63, 3.8) is 0 Å². The molecule has 0 saturated carbocycles. The zero-order chi connectivity index (χ0) is 12.4. The Bertz CT molecular complexity index is 494. The van der Waals surface area contributed by atoms with E-state index in [1.165, 1.54) is 0 Å². The second kappa shape index (κ2) is 4.41. The summed E-state index contributed by atoms with van der Waals surface area (Å²) in [4.78, 5) is 24.8. The lowest BCUT2D eigenvalue weighted by atomic mass is 10.1. The molecule has 1 aromatic carbocycles. The summed E-state index contributed by atoms with van der Waals surface area (Å²) in [7, 11) is 1.72. The zero-order valence-electron chi connectivity index (χ0n) is 9.69. The Hall–Kier alpha value is -2.10. The predicted octanol–water partition coefficient (Wildman–Crippen LogP) is 1.44. The highest BCUT2D eigenvalue weighted by Crippen LogP contribution is 2.24. The molecule has 1 aliphatic heterocycles. The SMILES string of the molecule is C=CCN(C)C(=O)c1ccc2c(c1)NC(=O)C2. The van der Waals surface area contributed by atoms with E-state index in [0.717, 1.165) is 11.3 Å². The molecule has 0 spiro atoms. The van der Waals surface area contributed by atoms with Crippen molar-refractivity contribution in [1.82, 2.24) is 4.90 Å². The number of carbonyl (C=O) groups excluding carboxylic acids is 2. The summed E-state index contributed by atoms with van der Waals surface area (Å²) in [5, 5.41) is 2.73. The van der Waals surface area contributed by atoms with Crippen molar-refractivity contribution in [3.05, 3.63) is 42.0 Å². The molecule has 0 fully saturated rings. The van der Waals surface area contributed by atoms with Gasteiger partial charge in [-0.05, 0) is 17.7 Å². The molecule has 0 bridgehead atoms. The number of anilines is 1. The molecular weight excluding hydrogens is 216 g/mol. The third-order valence-electron chi connectivity index (χ3n) is 2.73. The lowest BCUT2D eigenvalue weighted by Gasteiger charge is -2.15. The van der Waals surface area contributed by atoms with Crippen molar-refractivity contribution in [2.75, 3.05) is 18.9 Å². The van der Waals surface area contributed by atoms with Gasteiger partial charge in [0.15, 0.2) is 0 Å². The van der Waals surface area contributed by atoms with Crippen LogP contribution in [0.4, 0.5) is 5.69 Å². The Morgan fingerprint density at radius 2 is 2.35 bits per heavy atom. The molecule has 0 atom stereocenters. The van der Waals surface area contributed by atoms with E-state index in [4.69, 9.17) is 0 Å². The first kappa shape index (κ1) is 11.4. The van der Waals surface area contributed by atoms with Gasteiger partial charge in [-0.25, -0.2) is 0 Å². The summed E-state index contributed by atoms with van der Waals surface area (Å²) in [6.45, 7) is 4.10. The third-order valence-corrected chi connectivity index (χ3v) is 2.73. The van der Waals surface area contributed by atoms with Gasteiger partial charge >= 0.3 is 0 Å². The fourth-order valence-electron chi connectivity index (χ4n) is 1.84. The van der Waals surface area contributed by atoms with Gasteiger partial charge in [-0.3, -0.25) is 9.59 Å². The summed E-state index contributed by atoms with van der Waals surface area (Å²) in [5.74, 6) is -0.0992. The first-order valence-corrected chi connectivity index (χ1v) is 5.41. The van der Waals surface area contributed by atoms with Crippen LogP contribution in [0, 0.1) is 0 Å². The van der Waals surface area contributed by atoms with Crippen LogP contribution >= 0.6 is 0 Å². The molecule has 1 N–H and O–H groups in total. The number of amides is 2. The van der Waals surface area contributed by atoms with E-state index >= 15 is 0 Å². The number of rotatable bonds is 3. The van der Waals surface area contributed by atoms with Crippen LogP contribution in [0.5, 0.6) is 0 Å². The number of likely N-dealkylation sites (N-methyl/N-ethyl adjacent to an activating group) is 1. The molecule has 88 valence electrons. The van der Waals surface area contributed by atoms with E-state index in [0.29, 0.717) is 18.5 Å². The topological polar surface area (TPSA) is 49.4 Å². The number of carbonyl (C=O) groups is 2. The maximum absolute atomic E-state index is 12.0. The molecule has 4 heteroatoms. The number of nitrogens with one attached hydrogen (secondary N) is 1. The van der Waals surface area contributed by atoms with Gasteiger partial charge in [-0.1, -0.05) is 12.1 Å². The van der Waals surface area contributed by atoms with Gasteiger partial charge in [0.05, 0.1) is 6.42 Å². The number of benzene rings is 1. The number of nitrogens with zero attached hydrogens (tertiary/aromatic N) is 1. The first-order chi connectivity index (χ1) is 8.11. The van der Waals surface area contributed by atoms with E-state index in [1.807, 2.05) is 6.07 Å². The predicted molar refractivity (Wildman–Crippen MR) is 65.9 cm³/mol. The van der Waals surface area contributed by atoms with Crippen LogP contribution in [-0.4, -0.2) is 30.3 Å². The van der Waals surface area contributed by atoms with Crippen LogP contribution < -0.4 is 5.32 Å². The largest absolute Gasteiger partial charge is 0.338 e. The molecule has 0 unspecified atom stereocenters. The lowest BCUT2D eigenvalue weighted by Crippen LogP contribution is -2.26. The summed E-state index contributed by atoms with van der Waals surface area (Å²) in [6.07, 6.45) is 2.07.